The zero-order valence-electron chi connectivity index (χ0n) is 15.8. The molecule has 3 aromatic rings. The molecule has 0 saturated heterocycles. The summed E-state index contributed by atoms with van der Waals surface area (Å²) in [6.45, 7) is 1.41. The topological polar surface area (TPSA) is 161 Å². The summed E-state index contributed by atoms with van der Waals surface area (Å²) in [7, 11) is 0. The van der Waals surface area contributed by atoms with Crippen LogP contribution in [0.25, 0.3) is 11.3 Å². The second-order valence-corrected chi connectivity index (χ2v) is 6.79. The van der Waals surface area contributed by atoms with Gasteiger partial charge in [-0.3, -0.25) is 9.59 Å². The van der Waals surface area contributed by atoms with Crippen molar-refractivity contribution < 1.29 is 9.59 Å². The van der Waals surface area contributed by atoms with Gasteiger partial charge in [0.2, 0.25) is 5.91 Å². The number of primary amides is 1. The van der Waals surface area contributed by atoms with Crippen LogP contribution >= 0.6 is 12.6 Å². The number of amides is 2. The van der Waals surface area contributed by atoms with Gasteiger partial charge in [0.25, 0.3) is 5.91 Å². The molecule has 2 heterocycles. The standard InChI is InChI=1S/C20H17N7O2S/c1-10(28)24-12-7-5-11(6-8-12)16-13(9-21)18(22)27-20(26-16)17(30)14-3-2-4-15(25-14)19(23)29/h2-8,17,30H,1H3,(H2,23,29)(H,24,28)(H2,22,26,27). The maximum atomic E-state index is 11.4. The molecule has 0 aliphatic carbocycles. The summed E-state index contributed by atoms with van der Waals surface area (Å²) < 4.78 is 0. The maximum absolute atomic E-state index is 11.4. The van der Waals surface area contributed by atoms with E-state index in [1.165, 1.54) is 13.0 Å². The van der Waals surface area contributed by atoms with Crippen LogP contribution in [0.15, 0.2) is 42.5 Å². The number of benzene rings is 1. The number of nitrogens with two attached hydrogens (primary N) is 2. The number of nitrogens with one attached hydrogen (secondary N) is 1. The van der Waals surface area contributed by atoms with Crippen LogP contribution in [-0.4, -0.2) is 26.8 Å². The molecule has 0 saturated carbocycles. The van der Waals surface area contributed by atoms with Gasteiger partial charge in [-0.2, -0.15) is 17.9 Å². The summed E-state index contributed by atoms with van der Waals surface area (Å²) in [4.78, 5) is 35.5. The van der Waals surface area contributed by atoms with Gasteiger partial charge >= 0.3 is 0 Å². The van der Waals surface area contributed by atoms with E-state index < -0.39 is 11.2 Å². The molecule has 30 heavy (non-hydrogen) atoms. The number of carbonyl (C=O) groups excluding carboxylic acids is 2. The van der Waals surface area contributed by atoms with Crippen LogP contribution in [0.2, 0.25) is 0 Å². The van der Waals surface area contributed by atoms with Gasteiger partial charge in [-0.25, -0.2) is 15.0 Å². The molecule has 1 atom stereocenters. The highest BCUT2D eigenvalue weighted by Gasteiger charge is 2.21. The Bertz CT molecular complexity index is 1170. The van der Waals surface area contributed by atoms with Gasteiger partial charge in [-0.1, -0.05) is 18.2 Å². The lowest BCUT2D eigenvalue weighted by Crippen LogP contribution is -2.15. The summed E-state index contributed by atoms with van der Waals surface area (Å²) in [5, 5.41) is 11.5. The minimum absolute atomic E-state index is 0.00598. The first-order valence-electron chi connectivity index (χ1n) is 8.70. The highest BCUT2D eigenvalue weighted by atomic mass is 32.1. The minimum Gasteiger partial charge on any atom is -0.382 e. The molecule has 10 heteroatoms. The highest BCUT2D eigenvalue weighted by Crippen LogP contribution is 2.31. The Hall–Kier alpha value is -3.97. The number of pyridine rings is 1. The number of hydrogen-bond donors (Lipinski definition) is 4. The quantitative estimate of drug-likeness (QED) is 0.460. The van der Waals surface area contributed by atoms with Gasteiger partial charge in [0, 0.05) is 18.2 Å². The van der Waals surface area contributed by atoms with E-state index in [4.69, 9.17) is 11.5 Å². The fourth-order valence-corrected chi connectivity index (χ4v) is 2.98. The molecule has 1 aromatic carbocycles. The van der Waals surface area contributed by atoms with Gasteiger partial charge in [0.1, 0.15) is 34.2 Å². The molecule has 0 aliphatic rings. The molecule has 9 nitrogen and oxygen atoms in total. The highest BCUT2D eigenvalue weighted by molar-refractivity contribution is 7.80. The Morgan fingerprint density at radius 2 is 1.83 bits per heavy atom. The normalized spacial score (nSPS) is 11.4. The molecule has 150 valence electrons. The van der Waals surface area contributed by atoms with Crippen LogP contribution in [0.3, 0.4) is 0 Å². The van der Waals surface area contributed by atoms with Crippen LogP contribution in [-0.2, 0) is 4.79 Å². The van der Waals surface area contributed by atoms with E-state index >= 15 is 0 Å². The third-order valence-corrected chi connectivity index (χ3v) is 4.59. The Morgan fingerprint density at radius 3 is 2.43 bits per heavy atom. The fraction of sp³-hybridized carbons (Fsp3) is 0.100. The summed E-state index contributed by atoms with van der Waals surface area (Å²) in [5.74, 6) is -0.659. The molecule has 5 N–H and O–H groups in total. The first-order chi connectivity index (χ1) is 14.3. The fourth-order valence-electron chi connectivity index (χ4n) is 2.73. The van der Waals surface area contributed by atoms with E-state index in [1.807, 2.05) is 6.07 Å². The third kappa shape index (κ3) is 4.37. The monoisotopic (exact) mass is 419 g/mol. The predicted octanol–water partition coefficient (Wildman–Crippen LogP) is 2.07. The van der Waals surface area contributed by atoms with Crippen molar-refractivity contribution >= 4 is 35.9 Å². The third-order valence-electron chi connectivity index (χ3n) is 4.09. The molecule has 0 spiro atoms. The summed E-state index contributed by atoms with van der Waals surface area (Å²) in [5.41, 5.74) is 13.4. The molecular weight excluding hydrogens is 402 g/mol. The zero-order valence-corrected chi connectivity index (χ0v) is 16.7. The van der Waals surface area contributed by atoms with Crippen molar-refractivity contribution in [2.45, 2.75) is 12.2 Å². The van der Waals surface area contributed by atoms with E-state index in [2.05, 4.69) is 32.9 Å². The Labute approximate surface area is 177 Å². The number of nitrogens with zero attached hydrogens (tertiary/aromatic N) is 4. The molecule has 2 amide bonds. The first kappa shape index (κ1) is 20.8. The Balaban J connectivity index is 2.05. The van der Waals surface area contributed by atoms with Gasteiger partial charge in [0.15, 0.2) is 0 Å². The van der Waals surface area contributed by atoms with Crippen LogP contribution < -0.4 is 16.8 Å². The number of hydrogen-bond acceptors (Lipinski definition) is 8. The first-order valence-corrected chi connectivity index (χ1v) is 9.22. The van der Waals surface area contributed by atoms with Crippen LogP contribution in [0.4, 0.5) is 11.5 Å². The molecular formula is C20H17N7O2S. The van der Waals surface area contributed by atoms with Crippen LogP contribution in [0.5, 0.6) is 0 Å². The van der Waals surface area contributed by atoms with Crippen molar-refractivity contribution in [1.29, 1.82) is 5.26 Å². The van der Waals surface area contributed by atoms with Gasteiger partial charge in [0.05, 0.1) is 11.4 Å². The average Bonchev–Trinajstić information content (AvgIpc) is 2.73. The van der Waals surface area contributed by atoms with Crippen molar-refractivity contribution in [1.82, 2.24) is 15.0 Å². The second kappa shape index (κ2) is 8.59. The molecule has 1 unspecified atom stereocenters. The van der Waals surface area contributed by atoms with Crippen molar-refractivity contribution in [2.75, 3.05) is 11.1 Å². The molecule has 0 radical (unpaired) electrons. The maximum Gasteiger partial charge on any atom is 0.267 e. The molecule has 3 rings (SSSR count). The summed E-state index contributed by atoms with van der Waals surface area (Å²) in [6.07, 6.45) is 0. The van der Waals surface area contributed by atoms with Gasteiger partial charge in [-0.05, 0) is 24.3 Å². The van der Waals surface area contributed by atoms with Gasteiger partial charge in [-0.15, -0.1) is 0 Å². The number of nitriles is 1. The Morgan fingerprint density at radius 1 is 1.13 bits per heavy atom. The largest absolute Gasteiger partial charge is 0.382 e. The van der Waals surface area contributed by atoms with Crippen molar-refractivity contribution in [3.63, 3.8) is 0 Å². The van der Waals surface area contributed by atoms with Crippen molar-refractivity contribution in [3.05, 3.63) is 65.2 Å². The van der Waals surface area contributed by atoms with Crippen molar-refractivity contribution in [2.24, 2.45) is 5.73 Å². The summed E-state index contributed by atoms with van der Waals surface area (Å²) >= 11 is 4.52. The second-order valence-electron chi connectivity index (χ2n) is 6.28. The number of nitrogen functional groups attached to an aromatic ring is 1. The van der Waals surface area contributed by atoms with E-state index in [0.29, 0.717) is 22.6 Å². The summed E-state index contributed by atoms with van der Waals surface area (Å²) in [6, 6.07) is 13.6. The smallest absolute Gasteiger partial charge is 0.267 e. The average molecular weight is 419 g/mol. The minimum atomic E-state index is -0.711. The van der Waals surface area contributed by atoms with E-state index in [9.17, 15) is 14.9 Å². The van der Waals surface area contributed by atoms with Crippen LogP contribution in [0.1, 0.15) is 39.7 Å². The van der Waals surface area contributed by atoms with E-state index in [1.54, 1.807) is 36.4 Å². The molecule has 0 fully saturated rings. The molecule has 2 aromatic heterocycles. The number of anilines is 2. The number of carbonyl (C=O) groups is 2. The number of rotatable bonds is 5. The van der Waals surface area contributed by atoms with Crippen LogP contribution in [0, 0.1) is 11.3 Å². The molecule has 0 aliphatic heterocycles. The van der Waals surface area contributed by atoms with Gasteiger partial charge < -0.3 is 16.8 Å². The number of aromatic nitrogens is 3. The lowest BCUT2D eigenvalue weighted by Gasteiger charge is -2.14. The Kier molecular flexibility index (Phi) is 5.94. The van der Waals surface area contributed by atoms with Crippen molar-refractivity contribution in [3.8, 4) is 17.3 Å². The van der Waals surface area contributed by atoms with E-state index in [-0.39, 0.29) is 28.8 Å². The molecule has 0 bridgehead atoms. The lowest BCUT2D eigenvalue weighted by molar-refractivity contribution is -0.114. The number of thiol groups is 1. The van der Waals surface area contributed by atoms with E-state index in [0.717, 1.165) is 0 Å². The zero-order chi connectivity index (χ0) is 21.8. The predicted molar refractivity (Wildman–Crippen MR) is 114 cm³/mol. The SMILES string of the molecule is CC(=O)Nc1ccc(-c2nc(C(S)c3cccc(C(N)=O)n3)nc(N)c2C#N)cc1. The lowest BCUT2D eigenvalue weighted by atomic mass is 10.1.